The van der Waals surface area contributed by atoms with E-state index >= 15 is 0 Å². The van der Waals surface area contributed by atoms with Gasteiger partial charge in [0.15, 0.2) is 0 Å². The van der Waals surface area contributed by atoms with Crippen LogP contribution in [-0.4, -0.2) is 122 Å². The molecule has 7 rings (SSSR count). The molecule has 4 N–H and O–H groups in total. The fourth-order valence-corrected chi connectivity index (χ4v) is 9.24. The van der Waals surface area contributed by atoms with Gasteiger partial charge in [-0.25, -0.2) is 14.4 Å². The van der Waals surface area contributed by atoms with Gasteiger partial charge in [-0.15, -0.1) is 0 Å². The highest BCUT2D eigenvalue weighted by Gasteiger charge is 2.44. The first kappa shape index (κ1) is 43.4. The van der Waals surface area contributed by atoms with Crippen molar-refractivity contribution in [1.29, 1.82) is 0 Å². The molecule has 2 unspecified atom stereocenters. The number of anilines is 2. The number of ether oxygens (including phenoxy) is 2. The molecule has 0 saturated carbocycles. The Bertz CT molecular complexity index is 1980. The number of carbonyl (C=O) groups is 2. The van der Waals surface area contributed by atoms with Crippen molar-refractivity contribution < 1.29 is 19.1 Å². The molecule has 3 aromatic rings. The first-order valence-corrected chi connectivity index (χ1v) is 21.4. The predicted octanol–water partition coefficient (Wildman–Crippen LogP) is 7.53. The molecule has 4 aliphatic heterocycles. The molecule has 0 radical (unpaired) electrons. The lowest BCUT2D eigenvalue weighted by atomic mass is 9.93. The van der Waals surface area contributed by atoms with Crippen molar-refractivity contribution in [3.8, 4) is 0 Å². The number of likely N-dealkylation sites (tertiary alicyclic amines) is 4. The number of H-pyrrole nitrogens is 1. The molecule has 2 aromatic carbocycles. The van der Waals surface area contributed by atoms with Gasteiger partial charge in [-0.1, -0.05) is 12.1 Å². The molecule has 0 bridgehead atoms. The van der Waals surface area contributed by atoms with Gasteiger partial charge < -0.3 is 35.3 Å². The Balaban J connectivity index is 0.000000196. The van der Waals surface area contributed by atoms with E-state index in [2.05, 4.69) is 59.1 Å². The fraction of sp³-hybridized carbons (Fsp3) is 0.667. The van der Waals surface area contributed by atoms with Crippen LogP contribution in [0, 0.1) is 13.8 Å². The van der Waals surface area contributed by atoms with Crippen LogP contribution in [0.15, 0.2) is 41.2 Å². The molecule has 0 spiro atoms. The summed E-state index contributed by atoms with van der Waals surface area (Å²) >= 11 is 0. The first-order valence-electron chi connectivity index (χ1n) is 21.4. The van der Waals surface area contributed by atoms with Gasteiger partial charge in [0.2, 0.25) is 0 Å². The van der Waals surface area contributed by atoms with E-state index in [1.54, 1.807) is 0 Å². The van der Waals surface area contributed by atoms with Crippen LogP contribution in [0.2, 0.25) is 0 Å². The Kier molecular flexibility index (Phi) is 12.6. The number of hydrogen-bond donors (Lipinski definition) is 3. The number of aryl methyl sites for hydroxylation is 2. The second-order valence-electron chi connectivity index (χ2n) is 19.8. The second kappa shape index (κ2) is 16.8. The molecule has 4 saturated heterocycles. The van der Waals surface area contributed by atoms with Crippen LogP contribution in [0.25, 0.3) is 11.0 Å². The number of benzene rings is 2. The first-order chi connectivity index (χ1) is 27.1. The number of nitrogens with two attached hydrogens (primary N) is 1. The van der Waals surface area contributed by atoms with E-state index in [1.165, 1.54) is 5.56 Å². The number of nitrogen functional groups attached to an aromatic ring is 1. The molecule has 2 atom stereocenters. The summed E-state index contributed by atoms with van der Waals surface area (Å²) in [5.41, 5.74) is 11.3. The molecule has 320 valence electrons. The van der Waals surface area contributed by atoms with E-state index < -0.39 is 11.2 Å². The number of fused-ring (bicyclic) bond motifs is 1. The molecule has 0 aliphatic carbocycles. The Labute approximate surface area is 345 Å². The molecule has 13 heteroatoms. The predicted molar refractivity (Wildman–Crippen MR) is 233 cm³/mol. The molecule has 5 heterocycles. The molecule has 13 nitrogen and oxygen atoms in total. The Morgan fingerprint density at radius 2 is 1.22 bits per heavy atom. The number of aromatic amines is 1. The SMILES string of the molecule is Cc1ccc(NC2CCN(C3(C)CCN(C(=O)OC(C)(C)C)C3)CC2)c(N)c1.Cc1ccc2c(c1)[nH]c(=O)n2C1CCN(C2(C)CCN(C(=O)OC(C)(C)C)C2)CC1. The molecule has 2 amide bonds. The number of imidazole rings is 1. The van der Waals surface area contributed by atoms with Crippen molar-refractivity contribution in [2.24, 2.45) is 0 Å². The zero-order chi connectivity index (χ0) is 42.2. The number of hydrogen-bond acceptors (Lipinski definition) is 9. The summed E-state index contributed by atoms with van der Waals surface area (Å²) in [7, 11) is 0. The molecule has 58 heavy (non-hydrogen) atoms. The summed E-state index contributed by atoms with van der Waals surface area (Å²) in [6, 6.07) is 13.0. The number of nitrogens with zero attached hydrogens (tertiary/aromatic N) is 5. The van der Waals surface area contributed by atoms with E-state index in [0.717, 1.165) is 112 Å². The number of piperidine rings is 2. The average Bonchev–Trinajstić information content (AvgIpc) is 3.84. The lowest BCUT2D eigenvalue weighted by Gasteiger charge is -2.43. The Morgan fingerprint density at radius 3 is 1.72 bits per heavy atom. The zero-order valence-electron chi connectivity index (χ0n) is 36.9. The topological polar surface area (TPSA) is 141 Å². The summed E-state index contributed by atoms with van der Waals surface area (Å²) in [5, 5.41) is 3.62. The third-order valence-electron chi connectivity index (χ3n) is 12.5. The van der Waals surface area contributed by atoms with Gasteiger partial charge in [-0.2, -0.15) is 0 Å². The van der Waals surface area contributed by atoms with Crippen molar-refractivity contribution in [2.75, 3.05) is 63.4 Å². The van der Waals surface area contributed by atoms with Crippen molar-refractivity contribution in [2.45, 2.75) is 142 Å². The van der Waals surface area contributed by atoms with Gasteiger partial charge in [0.25, 0.3) is 0 Å². The lowest BCUT2D eigenvalue weighted by Crippen LogP contribution is -2.53. The van der Waals surface area contributed by atoms with E-state index in [0.29, 0.717) is 12.6 Å². The number of carbonyl (C=O) groups excluding carboxylic acids is 2. The summed E-state index contributed by atoms with van der Waals surface area (Å²) in [6.07, 6.45) is 5.55. The normalized spacial score (nSPS) is 24.2. The van der Waals surface area contributed by atoms with Crippen LogP contribution in [-0.2, 0) is 9.47 Å². The van der Waals surface area contributed by atoms with E-state index in [9.17, 15) is 14.4 Å². The molecular formula is C45H70N8O5. The van der Waals surface area contributed by atoms with Crippen LogP contribution >= 0.6 is 0 Å². The average molecular weight is 803 g/mol. The maximum Gasteiger partial charge on any atom is 0.410 e. The van der Waals surface area contributed by atoms with Crippen LogP contribution < -0.4 is 16.7 Å². The number of nitrogens with one attached hydrogen (secondary N) is 2. The van der Waals surface area contributed by atoms with Crippen molar-refractivity contribution in [3.05, 3.63) is 58.0 Å². The number of amides is 2. The summed E-state index contributed by atoms with van der Waals surface area (Å²) in [6.45, 7) is 26.9. The minimum atomic E-state index is -0.473. The van der Waals surface area contributed by atoms with Gasteiger partial charge in [0, 0.05) is 75.5 Å². The molecule has 4 fully saturated rings. The fourth-order valence-electron chi connectivity index (χ4n) is 9.24. The third-order valence-corrected chi connectivity index (χ3v) is 12.5. The van der Waals surface area contributed by atoms with E-state index in [4.69, 9.17) is 15.2 Å². The van der Waals surface area contributed by atoms with Crippen molar-refractivity contribution in [1.82, 2.24) is 29.2 Å². The van der Waals surface area contributed by atoms with Crippen molar-refractivity contribution in [3.63, 3.8) is 0 Å². The maximum absolute atomic E-state index is 12.6. The third kappa shape index (κ3) is 10.3. The van der Waals surface area contributed by atoms with Crippen LogP contribution in [0.1, 0.15) is 111 Å². The number of aromatic nitrogens is 2. The van der Waals surface area contributed by atoms with Gasteiger partial charge in [-0.3, -0.25) is 14.4 Å². The Hall–Kier alpha value is -4.23. The lowest BCUT2D eigenvalue weighted by molar-refractivity contribution is 0.0217. The zero-order valence-corrected chi connectivity index (χ0v) is 36.9. The number of rotatable bonds is 5. The summed E-state index contributed by atoms with van der Waals surface area (Å²) < 4.78 is 13.1. The van der Waals surface area contributed by atoms with Gasteiger partial charge in [-0.05, 0) is 143 Å². The van der Waals surface area contributed by atoms with Gasteiger partial charge >= 0.3 is 17.9 Å². The van der Waals surface area contributed by atoms with Crippen molar-refractivity contribution >= 4 is 34.6 Å². The van der Waals surface area contributed by atoms with Crippen LogP contribution in [0.3, 0.4) is 0 Å². The highest BCUT2D eigenvalue weighted by atomic mass is 16.6. The van der Waals surface area contributed by atoms with E-state index in [1.807, 2.05) is 81.0 Å². The highest BCUT2D eigenvalue weighted by Crippen LogP contribution is 2.35. The minimum absolute atomic E-state index is 0.0165. The summed E-state index contributed by atoms with van der Waals surface area (Å²) in [5.74, 6) is 0. The standard InChI is InChI=1S/C23H34N4O3.C22H36N4O2/c1-16-6-7-19-18(14-16)24-20(28)27(19)17-8-11-26(12-9-17)23(5)10-13-25(15-23)21(29)30-22(2,3)4;1-16-6-7-19(18(23)14-16)24-17-8-11-26(12-9-17)22(5)10-13-25(15-22)20(27)28-21(2,3)4/h6-7,14,17H,8-13,15H2,1-5H3,(H,24,28);6-7,14,17,24H,8-13,15,23H2,1-5H3. The van der Waals surface area contributed by atoms with E-state index in [-0.39, 0.29) is 35.0 Å². The van der Waals surface area contributed by atoms with Gasteiger partial charge in [0.05, 0.1) is 22.4 Å². The smallest absolute Gasteiger partial charge is 0.410 e. The largest absolute Gasteiger partial charge is 0.444 e. The molecule has 1 aromatic heterocycles. The van der Waals surface area contributed by atoms with Crippen LogP contribution in [0.4, 0.5) is 21.0 Å². The quantitative estimate of drug-likeness (QED) is 0.223. The second-order valence-corrected chi connectivity index (χ2v) is 19.8. The molecular weight excluding hydrogens is 733 g/mol. The highest BCUT2D eigenvalue weighted by molar-refractivity contribution is 5.76. The Morgan fingerprint density at radius 1 is 0.741 bits per heavy atom. The maximum atomic E-state index is 12.6. The molecule has 4 aliphatic rings. The van der Waals surface area contributed by atoms with Gasteiger partial charge in [0.1, 0.15) is 11.2 Å². The van der Waals surface area contributed by atoms with Crippen LogP contribution in [0.5, 0.6) is 0 Å². The minimum Gasteiger partial charge on any atom is -0.444 e. The monoisotopic (exact) mass is 803 g/mol. The summed E-state index contributed by atoms with van der Waals surface area (Å²) in [4.78, 5) is 49.3.